The first-order chi connectivity index (χ1) is 14.1. The van der Waals surface area contributed by atoms with Gasteiger partial charge >= 0.3 is 10.1 Å². The number of nitro benzene ring substituents is 1. The highest BCUT2D eigenvalue weighted by Crippen LogP contribution is 2.40. The third kappa shape index (κ3) is 4.63. The molecular formula is C17H12BrN3O7S2. The van der Waals surface area contributed by atoms with Crippen molar-refractivity contribution >= 4 is 60.6 Å². The molecule has 0 fully saturated rings. The van der Waals surface area contributed by atoms with Crippen LogP contribution in [0, 0.1) is 10.1 Å². The number of methoxy groups -OCH3 is 1. The molecule has 1 aliphatic heterocycles. The van der Waals surface area contributed by atoms with Crippen LogP contribution in [0.1, 0.15) is 5.56 Å². The van der Waals surface area contributed by atoms with Crippen LogP contribution in [0.15, 0.2) is 55.7 Å². The van der Waals surface area contributed by atoms with E-state index in [1.807, 2.05) is 0 Å². The molecule has 2 aromatic rings. The zero-order valence-corrected chi connectivity index (χ0v) is 18.3. The van der Waals surface area contributed by atoms with Gasteiger partial charge in [0.05, 0.1) is 21.4 Å². The summed E-state index contributed by atoms with van der Waals surface area (Å²) < 4.78 is 35.8. The number of nitro groups is 1. The quantitative estimate of drug-likeness (QED) is 0.265. The summed E-state index contributed by atoms with van der Waals surface area (Å²) in [7, 11) is -2.98. The molecule has 0 bridgehead atoms. The highest BCUT2D eigenvalue weighted by molar-refractivity contribution is 9.10. The molecule has 0 atom stereocenters. The number of carbonyl (C=O) groups is 1. The highest BCUT2D eigenvalue weighted by atomic mass is 79.9. The van der Waals surface area contributed by atoms with Crippen molar-refractivity contribution in [3.63, 3.8) is 0 Å². The number of amidine groups is 1. The van der Waals surface area contributed by atoms with E-state index in [9.17, 15) is 23.3 Å². The normalized spacial score (nSPS) is 15.2. The fourth-order valence-corrected chi connectivity index (χ4v) is 4.66. The van der Waals surface area contributed by atoms with Gasteiger partial charge in [-0.2, -0.15) is 13.4 Å². The standard InChI is InChI=1S/C17H12BrN3O7S2/c1-27-13-7-9(8-14-16(22)20-17(19)29-14)6-12(18)15(13)28-30(25,26)11-4-2-10(3-5-11)21(23)24/h2-8H,1H3,(H2,19,20,22). The van der Waals surface area contributed by atoms with Crippen molar-refractivity contribution in [3.8, 4) is 11.5 Å². The second-order valence-electron chi connectivity index (χ2n) is 5.69. The summed E-state index contributed by atoms with van der Waals surface area (Å²) in [5, 5.41) is 10.9. The molecule has 0 radical (unpaired) electrons. The monoisotopic (exact) mass is 513 g/mol. The number of carbonyl (C=O) groups excluding carboxylic acids is 1. The number of nitrogens with two attached hydrogens (primary N) is 1. The fraction of sp³-hybridized carbons (Fsp3) is 0.0588. The molecule has 0 spiro atoms. The van der Waals surface area contributed by atoms with Gasteiger partial charge in [-0.15, -0.1) is 0 Å². The molecule has 0 aromatic heterocycles. The van der Waals surface area contributed by atoms with Crippen molar-refractivity contribution in [2.24, 2.45) is 10.7 Å². The van der Waals surface area contributed by atoms with E-state index in [0.29, 0.717) is 10.5 Å². The molecule has 2 aromatic carbocycles. The van der Waals surface area contributed by atoms with Gasteiger partial charge in [0.25, 0.3) is 11.6 Å². The van der Waals surface area contributed by atoms with Crippen molar-refractivity contribution in [2.45, 2.75) is 4.90 Å². The van der Waals surface area contributed by atoms with Crippen LogP contribution in [-0.4, -0.2) is 31.5 Å². The van der Waals surface area contributed by atoms with Gasteiger partial charge in [0.15, 0.2) is 16.7 Å². The lowest BCUT2D eigenvalue weighted by Crippen LogP contribution is -2.11. The van der Waals surface area contributed by atoms with Crippen LogP contribution in [0.5, 0.6) is 11.5 Å². The Bertz CT molecular complexity index is 1210. The van der Waals surface area contributed by atoms with Gasteiger partial charge in [-0.05, 0) is 63.6 Å². The van der Waals surface area contributed by atoms with Gasteiger partial charge in [0, 0.05) is 12.1 Å². The van der Waals surface area contributed by atoms with Crippen molar-refractivity contribution in [1.82, 2.24) is 0 Å². The third-order valence-electron chi connectivity index (χ3n) is 3.72. The minimum Gasteiger partial charge on any atom is -0.493 e. The number of aliphatic imine (C=N–C) groups is 1. The highest BCUT2D eigenvalue weighted by Gasteiger charge is 2.24. The molecule has 13 heteroatoms. The van der Waals surface area contributed by atoms with Crippen LogP contribution in [-0.2, 0) is 14.9 Å². The summed E-state index contributed by atoms with van der Waals surface area (Å²) in [6.07, 6.45) is 1.53. The van der Waals surface area contributed by atoms with Crippen LogP contribution < -0.4 is 14.7 Å². The Kier molecular flexibility index (Phi) is 6.14. The Morgan fingerprint density at radius 3 is 2.47 bits per heavy atom. The lowest BCUT2D eigenvalue weighted by molar-refractivity contribution is -0.384. The van der Waals surface area contributed by atoms with Crippen molar-refractivity contribution < 1.29 is 27.1 Å². The molecule has 1 aliphatic rings. The van der Waals surface area contributed by atoms with Crippen molar-refractivity contribution in [3.05, 3.63) is 61.5 Å². The van der Waals surface area contributed by atoms with Gasteiger partial charge < -0.3 is 14.7 Å². The Hall–Kier alpha value is -2.90. The van der Waals surface area contributed by atoms with Crippen LogP contribution >= 0.6 is 27.7 Å². The number of hydrogen-bond acceptors (Lipinski definition) is 9. The van der Waals surface area contributed by atoms with Gasteiger partial charge in [0.1, 0.15) is 4.90 Å². The second kappa shape index (κ2) is 8.45. The summed E-state index contributed by atoms with van der Waals surface area (Å²) in [4.78, 5) is 25.5. The summed E-state index contributed by atoms with van der Waals surface area (Å²) in [5.41, 5.74) is 5.78. The number of thioether (sulfide) groups is 1. The number of amides is 1. The first kappa shape index (κ1) is 21.8. The first-order valence-corrected chi connectivity index (χ1v) is 11.0. The number of non-ortho nitro benzene ring substituents is 1. The van der Waals surface area contributed by atoms with Gasteiger partial charge in [-0.25, -0.2) is 0 Å². The molecule has 156 valence electrons. The number of hydrogen-bond donors (Lipinski definition) is 1. The second-order valence-corrected chi connectivity index (χ2v) is 9.15. The largest absolute Gasteiger partial charge is 0.493 e. The number of nitrogens with zero attached hydrogens (tertiary/aromatic N) is 2. The maximum atomic E-state index is 12.6. The maximum Gasteiger partial charge on any atom is 0.339 e. The number of rotatable bonds is 6. The van der Waals surface area contributed by atoms with Crippen LogP contribution in [0.25, 0.3) is 6.08 Å². The molecule has 3 rings (SSSR count). The van der Waals surface area contributed by atoms with E-state index < -0.39 is 20.9 Å². The molecule has 2 N–H and O–H groups in total. The predicted molar refractivity (Wildman–Crippen MR) is 114 cm³/mol. The summed E-state index contributed by atoms with van der Waals surface area (Å²) in [6, 6.07) is 7.25. The van der Waals surface area contributed by atoms with Crippen molar-refractivity contribution in [1.29, 1.82) is 0 Å². The molecule has 0 saturated carbocycles. The van der Waals surface area contributed by atoms with E-state index in [-0.39, 0.29) is 31.7 Å². The Morgan fingerprint density at radius 2 is 1.93 bits per heavy atom. The van der Waals surface area contributed by atoms with Gasteiger partial charge in [0.2, 0.25) is 0 Å². The molecule has 0 saturated heterocycles. The molecule has 0 aliphatic carbocycles. The predicted octanol–water partition coefficient (Wildman–Crippen LogP) is 3.06. The molecule has 0 unspecified atom stereocenters. The zero-order valence-electron chi connectivity index (χ0n) is 15.1. The SMILES string of the molecule is COc1cc(C=C2SC(N)=NC2=O)cc(Br)c1OS(=O)(=O)c1ccc([N+](=O)[O-])cc1. The molecule has 10 nitrogen and oxygen atoms in total. The number of benzene rings is 2. The maximum absolute atomic E-state index is 12.6. The van der Waals surface area contributed by atoms with Crippen LogP contribution in [0.4, 0.5) is 5.69 Å². The van der Waals surface area contributed by atoms with Crippen LogP contribution in [0.2, 0.25) is 0 Å². The Balaban J connectivity index is 1.93. The topological polar surface area (TPSA) is 151 Å². The molecular weight excluding hydrogens is 502 g/mol. The van der Waals surface area contributed by atoms with E-state index in [1.54, 1.807) is 0 Å². The lowest BCUT2D eigenvalue weighted by Gasteiger charge is -2.13. The Morgan fingerprint density at radius 1 is 1.27 bits per heavy atom. The van der Waals surface area contributed by atoms with E-state index in [1.165, 1.54) is 25.3 Å². The fourth-order valence-electron chi connectivity index (χ4n) is 2.37. The molecule has 1 heterocycles. The van der Waals surface area contributed by atoms with E-state index >= 15 is 0 Å². The van der Waals surface area contributed by atoms with Crippen molar-refractivity contribution in [2.75, 3.05) is 7.11 Å². The van der Waals surface area contributed by atoms with E-state index in [0.717, 1.165) is 36.0 Å². The minimum atomic E-state index is -4.30. The zero-order chi connectivity index (χ0) is 22.1. The molecule has 30 heavy (non-hydrogen) atoms. The summed E-state index contributed by atoms with van der Waals surface area (Å²) in [5.74, 6) is -0.529. The number of ether oxygens (including phenoxy) is 1. The van der Waals surface area contributed by atoms with E-state index in [2.05, 4.69) is 20.9 Å². The smallest absolute Gasteiger partial charge is 0.339 e. The molecule has 1 amide bonds. The third-order valence-corrected chi connectivity index (χ3v) is 6.35. The van der Waals surface area contributed by atoms with Gasteiger partial charge in [-0.1, -0.05) is 0 Å². The summed E-state index contributed by atoms with van der Waals surface area (Å²) in [6.45, 7) is 0. The van der Waals surface area contributed by atoms with E-state index in [4.69, 9.17) is 14.7 Å². The van der Waals surface area contributed by atoms with Crippen LogP contribution in [0.3, 0.4) is 0 Å². The Labute approximate surface area is 183 Å². The minimum absolute atomic E-state index is 0.0750. The number of halogens is 1. The average Bonchev–Trinajstić information content (AvgIpc) is 3.00. The average molecular weight is 514 g/mol. The van der Waals surface area contributed by atoms with Gasteiger partial charge in [-0.3, -0.25) is 14.9 Å². The summed E-state index contributed by atoms with van der Waals surface area (Å²) >= 11 is 4.25. The lowest BCUT2D eigenvalue weighted by atomic mass is 10.2. The first-order valence-electron chi connectivity index (χ1n) is 7.95.